The van der Waals surface area contributed by atoms with Gasteiger partial charge in [-0.05, 0) is 43.0 Å². The molecule has 2 heterocycles. The van der Waals surface area contributed by atoms with Crippen molar-refractivity contribution < 1.29 is 0 Å². The molecule has 0 spiro atoms. The minimum Gasteiger partial charge on any atom is -0.377 e. The van der Waals surface area contributed by atoms with Crippen molar-refractivity contribution >= 4 is 40.2 Å². The van der Waals surface area contributed by atoms with E-state index >= 15 is 0 Å². The van der Waals surface area contributed by atoms with Crippen LogP contribution in [-0.2, 0) is 0 Å². The van der Waals surface area contributed by atoms with Gasteiger partial charge in [0.2, 0.25) is 0 Å². The van der Waals surface area contributed by atoms with Gasteiger partial charge < -0.3 is 5.32 Å². The molecule has 2 aromatic heterocycles. The average molecular weight is 287 g/mol. The van der Waals surface area contributed by atoms with Crippen molar-refractivity contribution in [2.75, 3.05) is 5.32 Å². The van der Waals surface area contributed by atoms with E-state index in [-0.39, 0.29) is 6.04 Å². The lowest BCUT2D eigenvalue weighted by Crippen LogP contribution is -2.07. The number of halogens is 2. The molecule has 0 saturated heterocycles. The maximum Gasteiger partial charge on any atom is 0.129 e. The summed E-state index contributed by atoms with van der Waals surface area (Å²) in [4.78, 5) is 4.20. The molecule has 90 valence electrons. The number of hydrogen-bond acceptors (Lipinski definition) is 3. The molecule has 1 N–H and O–H groups in total. The van der Waals surface area contributed by atoms with Gasteiger partial charge in [0.25, 0.3) is 0 Å². The summed E-state index contributed by atoms with van der Waals surface area (Å²) in [6.45, 7) is 4.02. The van der Waals surface area contributed by atoms with E-state index < -0.39 is 0 Å². The van der Waals surface area contributed by atoms with E-state index in [1.165, 1.54) is 16.9 Å². The fourth-order valence-electron chi connectivity index (χ4n) is 1.55. The third-order valence-corrected chi connectivity index (χ3v) is 3.83. The Morgan fingerprint density at radius 1 is 1.35 bits per heavy atom. The predicted octanol–water partition coefficient (Wildman–Crippen LogP) is 4.93. The van der Waals surface area contributed by atoms with E-state index in [1.807, 2.05) is 19.1 Å². The molecule has 0 aliphatic rings. The molecule has 0 bridgehead atoms. The quantitative estimate of drug-likeness (QED) is 0.809. The number of aromatic nitrogens is 1. The number of rotatable bonds is 3. The highest BCUT2D eigenvalue weighted by molar-refractivity contribution is 7.14. The fraction of sp³-hybridized carbons (Fsp3) is 0.250. The van der Waals surface area contributed by atoms with Gasteiger partial charge in [-0.3, -0.25) is 0 Å². The van der Waals surface area contributed by atoms with E-state index in [0.717, 1.165) is 15.7 Å². The van der Waals surface area contributed by atoms with Gasteiger partial charge in [-0.2, -0.15) is 0 Å². The summed E-state index contributed by atoms with van der Waals surface area (Å²) < 4.78 is 0.805. The molecule has 0 amide bonds. The zero-order valence-electron chi connectivity index (χ0n) is 9.50. The Morgan fingerprint density at radius 2 is 2.12 bits per heavy atom. The largest absolute Gasteiger partial charge is 0.377 e. The van der Waals surface area contributed by atoms with E-state index in [4.69, 9.17) is 23.2 Å². The lowest BCUT2D eigenvalue weighted by atomic mass is 10.1. The van der Waals surface area contributed by atoms with Gasteiger partial charge in [-0.15, -0.1) is 11.3 Å². The van der Waals surface area contributed by atoms with Gasteiger partial charge >= 0.3 is 0 Å². The van der Waals surface area contributed by atoms with Crippen LogP contribution in [0.25, 0.3) is 0 Å². The van der Waals surface area contributed by atoms with Crippen molar-refractivity contribution in [2.45, 2.75) is 19.9 Å². The van der Waals surface area contributed by atoms with Gasteiger partial charge in [0.1, 0.15) is 5.15 Å². The average Bonchev–Trinajstić information content (AvgIpc) is 2.69. The van der Waals surface area contributed by atoms with Crippen LogP contribution in [-0.4, -0.2) is 4.98 Å². The van der Waals surface area contributed by atoms with Crippen LogP contribution < -0.4 is 5.32 Å². The van der Waals surface area contributed by atoms with Gasteiger partial charge in [-0.1, -0.05) is 23.2 Å². The van der Waals surface area contributed by atoms with Gasteiger partial charge in [-0.25, -0.2) is 4.98 Å². The minimum atomic E-state index is 0.195. The number of nitrogens with zero attached hydrogens (tertiary/aromatic N) is 1. The predicted molar refractivity (Wildman–Crippen MR) is 75.4 cm³/mol. The third-order valence-electron chi connectivity index (χ3n) is 2.51. The van der Waals surface area contributed by atoms with E-state index in [1.54, 1.807) is 6.07 Å². The van der Waals surface area contributed by atoms with Gasteiger partial charge in [0, 0.05) is 6.04 Å². The van der Waals surface area contributed by atoms with Crippen LogP contribution >= 0.6 is 34.5 Å². The molecule has 0 radical (unpaired) electrons. The molecule has 0 saturated carbocycles. The van der Waals surface area contributed by atoms with Crippen LogP contribution in [0.15, 0.2) is 23.6 Å². The lowest BCUT2D eigenvalue weighted by Gasteiger charge is -2.15. The molecule has 0 aliphatic heterocycles. The third kappa shape index (κ3) is 3.12. The highest BCUT2D eigenvalue weighted by Gasteiger charge is 2.09. The summed E-state index contributed by atoms with van der Waals surface area (Å²) in [6.07, 6.45) is 0. The molecular formula is C12H12Cl2N2S. The van der Waals surface area contributed by atoms with Crippen LogP contribution in [0.2, 0.25) is 9.49 Å². The summed E-state index contributed by atoms with van der Waals surface area (Å²) in [5.74, 6) is 0. The lowest BCUT2D eigenvalue weighted by molar-refractivity contribution is 0.885. The maximum atomic E-state index is 5.92. The van der Waals surface area contributed by atoms with Crippen molar-refractivity contribution in [3.05, 3.63) is 44.3 Å². The Bertz CT molecular complexity index is 525. The van der Waals surface area contributed by atoms with Gasteiger partial charge in [0.15, 0.2) is 0 Å². The normalized spacial score (nSPS) is 12.5. The molecule has 0 fully saturated rings. The smallest absolute Gasteiger partial charge is 0.129 e. The first-order chi connectivity index (χ1) is 8.06. The standard InChI is InChI=1S/C12H12Cl2N2S/c1-7(9-5-12(14)17-6-9)15-10-3-4-11(13)16-8(10)2/h3-7,15H,1-2H3. The number of pyridine rings is 1. The molecule has 5 heteroatoms. The van der Waals surface area contributed by atoms with Crippen LogP contribution in [0.5, 0.6) is 0 Å². The molecule has 1 unspecified atom stereocenters. The second-order valence-electron chi connectivity index (χ2n) is 3.82. The van der Waals surface area contributed by atoms with Crippen molar-refractivity contribution in [1.29, 1.82) is 0 Å². The summed E-state index contributed by atoms with van der Waals surface area (Å²) in [7, 11) is 0. The fourth-order valence-corrected chi connectivity index (χ4v) is 2.72. The second-order valence-corrected chi connectivity index (χ2v) is 5.75. The Labute approximate surface area is 115 Å². The molecule has 2 rings (SSSR count). The van der Waals surface area contributed by atoms with Crippen LogP contribution in [0.1, 0.15) is 24.2 Å². The number of anilines is 1. The van der Waals surface area contributed by atoms with Crippen LogP contribution in [0.3, 0.4) is 0 Å². The van der Waals surface area contributed by atoms with E-state index in [9.17, 15) is 0 Å². The summed E-state index contributed by atoms with van der Waals surface area (Å²) in [5, 5.41) is 5.96. The van der Waals surface area contributed by atoms with Crippen molar-refractivity contribution in [1.82, 2.24) is 4.98 Å². The van der Waals surface area contributed by atoms with E-state index in [2.05, 4.69) is 22.6 Å². The van der Waals surface area contributed by atoms with Crippen LogP contribution in [0, 0.1) is 6.92 Å². The van der Waals surface area contributed by atoms with Crippen molar-refractivity contribution in [3.63, 3.8) is 0 Å². The summed E-state index contributed by atoms with van der Waals surface area (Å²) in [6, 6.07) is 5.89. The Hall–Kier alpha value is -0.770. The topological polar surface area (TPSA) is 24.9 Å². The molecule has 2 nitrogen and oxygen atoms in total. The Morgan fingerprint density at radius 3 is 2.71 bits per heavy atom. The molecular weight excluding hydrogens is 275 g/mol. The first-order valence-electron chi connectivity index (χ1n) is 5.20. The molecule has 0 aliphatic carbocycles. The Kier molecular flexibility index (Phi) is 3.92. The molecule has 17 heavy (non-hydrogen) atoms. The van der Waals surface area contributed by atoms with Crippen molar-refractivity contribution in [2.24, 2.45) is 0 Å². The SMILES string of the molecule is Cc1nc(Cl)ccc1NC(C)c1csc(Cl)c1. The molecule has 1 atom stereocenters. The summed E-state index contributed by atoms with van der Waals surface area (Å²) in [5.41, 5.74) is 3.06. The van der Waals surface area contributed by atoms with Crippen LogP contribution in [0.4, 0.5) is 5.69 Å². The highest BCUT2D eigenvalue weighted by Crippen LogP contribution is 2.28. The zero-order valence-corrected chi connectivity index (χ0v) is 11.8. The molecule has 2 aromatic rings. The summed E-state index contributed by atoms with van der Waals surface area (Å²) >= 11 is 13.3. The van der Waals surface area contributed by atoms with Crippen molar-refractivity contribution in [3.8, 4) is 0 Å². The monoisotopic (exact) mass is 286 g/mol. The zero-order chi connectivity index (χ0) is 12.4. The first kappa shape index (κ1) is 12.7. The second kappa shape index (κ2) is 5.25. The number of hydrogen-bond donors (Lipinski definition) is 1. The number of aryl methyl sites for hydroxylation is 1. The maximum absolute atomic E-state index is 5.92. The number of nitrogens with one attached hydrogen (secondary N) is 1. The molecule has 0 aromatic carbocycles. The minimum absolute atomic E-state index is 0.195. The number of thiophene rings is 1. The highest BCUT2D eigenvalue weighted by atomic mass is 35.5. The van der Waals surface area contributed by atoms with Gasteiger partial charge in [0.05, 0.1) is 15.7 Å². The Balaban J connectivity index is 2.15. The van der Waals surface area contributed by atoms with E-state index in [0.29, 0.717) is 5.15 Å². The first-order valence-corrected chi connectivity index (χ1v) is 6.83.